The molecule has 1 aromatic rings. The van der Waals surface area contributed by atoms with E-state index in [2.05, 4.69) is 15.9 Å². The van der Waals surface area contributed by atoms with Crippen molar-refractivity contribution < 1.29 is 19.4 Å². The number of alkyl halides is 1. The van der Waals surface area contributed by atoms with Crippen molar-refractivity contribution in [3.63, 3.8) is 0 Å². The Hall–Kier alpha value is -0.910. The number of carboxylic acid groups (broad SMARTS) is 1. The van der Waals surface area contributed by atoms with Crippen molar-refractivity contribution in [3.8, 4) is 0 Å². The SMILES string of the molecule is O=C(O)C1(c2cccc(CBr)c2)OCCO1. The van der Waals surface area contributed by atoms with E-state index in [1.54, 1.807) is 18.2 Å². The van der Waals surface area contributed by atoms with Crippen LogP contribution in [0.25, 0.3) is 0 Å². The van der Waals surface area contributed by atoms with Crippen LogP contribution in [-0.2, 0) is 25.4 Å². The normalized spacial score (nSPS) is 18.6. The summed E-state index contributed by atoms with van der Waals surface area (Å²) in [4.78, 5) is 11.3. The molecule has 0 radical (unpaired) electrons. The van der Waals surface area contributed by atoms with Crippen LogP contribution in [0.2, 0.25) is 0 Å². The fourth-order valence-corrected chi connectivity index (χ4v) is 2.03. The highest BCUT2D eigenvalue weighted by atomic mass is 79.9. The minimum Gasteiger partial charge on any atom is -0.477 e. The van der Waals surface area contributed by atoms with Gasteiger partial charge in [0.05, 0.1) is 13.2 Å². The van der Waals surface area contributed by atoms with E-state index in [1.807, 2.05) is 6.07 Å². The molecule has 0 atom stereocenters. The molecule has 0 amide bonds. The van der Waals surface area contributed by atoms with E-state index >= 15 is 0 Å². The van der Waals surface area contributed by atoms with Gasteiger partial charge in [0, 0.05) is 10.9 Å². The number of rotatable bonds is 3. The molecule has 0 spiro atoms. The van der Waals surface area contributed by atoms with Crippen LogP contribution in [0, 0.1) is 0 Å². The molecule has 1 aliphatic rings. The molecule has 0 aliphatic carbocycles. The third kappa shape index (κ3) is 1.86. The van der Waals surface area contributed by atoms with Crippen LogP contribution in [0.15, 0.2) is 24.3 Å². The molecular weight excluding hydrogens is 276 g/mol. The van der Waals surface area contributed by atoms with Crippen LogP contribution in [0.1, 0.15) is 11.1 Å². The molecular formula is C11H11BrO4. The number of carbonyl (C=O) groups is 1. The standard InChI is InChI=1S/C11H11BrO4/c12-7-8-2-1-3-9(6-8)11(10(13)14)15-4-5-16-11/h1-3,6H,4-5,7H2,(H,13,14). The second-order valence-corrected chi connectivity index (χ2v) is 4.01. The first-order valence-electron chi connectivity index (χ1n) is 4.86. The highest BCUT2D eigenvalue weighted by molar-refractivity contribution is 9.08. The van der Waals surface area contributed by atoms with Gasteiger partial charge >= 0.3 is 5.97 Å². The maximum absolute atomic E-state index is 11.3. The van der Waals surface area contributed by atoms with E-state index in [0.29, 0.717) is 24.1 Å². The Morgan fingerprint density at radius 1 is 1.44 bits per heavy atom. The van der Waals surface area contributed by atoms with Gasteiger partial charge in [-0.3, -0.25) is 0 Å². The summed E-state index contributed by atoms with van der Waals surface area (Å²) in [5.41, 5.74) is 1.51. The van der Waals surface area contributed by atoms with Crippen molar-refractivity contribution in [3.05, 3.63) is 35.4 Å². The summed E-state index contributed by atoms with van der Waals surface area (Å²) in [7, 11) is 0. The number of ether oxygens (including phenoxy) is 2. The zero-order valence-corrected chi connectivity index (χ0v) is 10.1. The average Bonchev–Trinajstić information content (AvgIpc) is 2.79. The number of hydrogen-bond acceptors (Lipinski definition) is 3. The number of hydrogen-bond donors (Lipinski definition) is 1. The fraction of sp³-hybridized carbons (Fsp3) is 0.364. The van der Waals surface area contributed by atoms with Gasteiger partial charge in [-0.15, -0.1) is 0 Å². The van der Waals surface area contributed by atoms with Crippen molar-refractivity contribution in [1.82, 2.24) is 0 Å². The Labute approximate surface area is 101 Å². The van der Waals surface area contributed by atoms with Crippen molar-refractivity contribution in [2.45, 2.75) is 11.1 Å². The van der Waals surface area contributed by atoms with E-state index in [0.717, 1.165) is 5.56 Å². The van der Waals surface area contributed by atoms with Gasteiger partial charge in [0.2, 0.25) is 0 Å². The molecule has 0 aromatic heterocycles. The summed E-state index contributed by atoms with van der Waals surface area (Å²) in [5, 5.41) is 9.88. The Balaban J connectivity index is 2.43. The highest BCUT2D eigenvalue weighted by Gasteiger charge is 2.46. The minimum atomic E-state index is -1.63. The average molecular weight is 287 g/mol. The first kappa shape index (κ1) is 11.6. The molecule has 0 unspecified atom stereocenters. The summed E-state index contributed by atoms with van der Waals surface area (Å²) in [5.74, 6) is -2.74. The van der Waals surface area contributed by atoms with Crippen LogP contribution in [0.3, 0.4) is 0 Å². The van der Waals surface area contributed by atoms with Crippen LogP contribution in [0.4, 0.5) is 0 Å². The number of halogens is 1. The van der Waals surface area contributed by atoms with Gasteiger partial charge in [0.25, 0.3) is 5.79 Å². The van der Waals surface area contributed by atoms with Gasteiger partial charge in [-0.2, -0.15) is 0 Å². The first-order valence-corrected chi connectivity index (χ1v) is 5.98. The van der Waals surface area contributed by atoms with E-state index in [9.17, 15) is 9.90 Å². The van der Waals surface area contributed by atoms with Crippen LogP contribution in [-0.4, -0.2) is 24.3 Å². The predicted molar refractivity (Wildman–Crippen MR) is 60.3 cm³/mol. The Morgan fingerprint density at radius 3 is 2.69 bits per heavy atom. The maximum atomic E-state index is 11.3. The van der Waals surface area contributed by atoms with Crippen molar-refractivity contribution in [2.75, 3.05) is 13.2 Å². The van der Waals surface area contributed by atoms with E-state index in [1.165, 1.54) is 0 Å². The monoisotopic (exact) mass is 286 g/mol. The fourth-order valence-electron chi connectivity index (χ4n) is 1.69. The van der Waals surface area contributed by atoms with Crippen LogP contribution in [0.5, 0.6) is 0 Å². The first-order chi connectivity index (χ1) is 7.69. The molecule has 86 valence electrons. The van der Waals surface area contributed by atoms with Gasteiger partial charge in [-0.1, -0.05) is 34.1 Å². The Kier molecular flexibility index (Phi) is 3.28. The molecule has 1 N–H and O–H groups in total. The zero-order valence-electron chi connectivity index (χ0n) is 8.48. The van der Waals surface area contributed by atoms with Crippen molar-refractivity contribution >= 4 is 21.9 Å². The lowest BCUT2D eigenvalue weighted by molar-refractivity contribution is -0.205. The van der Waals surface area contributed by atoms with E-state index in [-0.39, 0.29) is 0 Å². The molecule has 4 nitrogen and oxygen atoms in total. The third-order valence-corrected chi connectivity index (χ3v) is 3.08. The molecule has 1 saturated heterocycles. The quantitative estimate of drug-likeness (QED) is 0.862. The highest BCUT2D eigenvalue weighted by Crippen LogP contribution is 2.32. The lowest BCUT2D eigenvalue weighted by atomic mass is 10.0. The molecule has 16 heavy (non-hydrogen) atoms. The molecule has 1 aliphatic heterocycles. The van der Waals surface area contributed by atoms with Gasteiger partial charge in [0.1, 0.15) is 0 Å². The summed E-state index contributed by atoms with van der Waals surface area (Å²) < 4.78 is 10.5. The summed E-state index contributed by atoms with van der Waals surface area (Å²) in [6.45, 7) is 0.593. The topological polar surface area (TPSA) is 55.8 Å². The smallest absolute Gasteiger partial charge is 0.369 e. The number of benzene rings is 1. The van der Waals surface area contributed by atoms with Gasteiger partial charge in [-0.25, -0.2) is 4.79 Å². The summed E-state index contributed by atoms with van der Waals surface area (Å²) >= 11 is 3.33. The van der Waals surface area contributed by atoms with Crippen LogP contribution < -0.4 is 0 Å². The molecule has 0 saturated carbocycles. The molecule has 2 rings (SSSR count). The number of carboxylic acids is 1. The molecule has 5 heteroatoms. The lowest BCUT2D eigenvalue weighted by Crippen LogP contribution is -2.36. The minimum absolute atomic E-state index is 0.296. The van der Waals surface area contributed by atoms with Crippen molar-refractivity contribution in [1.29, 1.82) is 0 Å². The summed E-state index contributed by atoms with van der Waals surface area (Å²) in [6, 6.07) is 7.17. The molecule has 1 aromatic carbocycles. The number of aliphatic carboxylic acids is 1. The second-order valence-electron chi connectivity index (χ2n) is 3.45. The van der Waals surface area contributed by atoms with E-state index in [4.69, 9.17) is 9.47 Å². The zero-order chi connectivity index (χ0) is 11.6. The van der Waals surface area contributed by atoms with Crippen LogP contribution >= 0.6 is 15.9 Å². The maximum Gasteiger partial charge on any atom is 0.369 e. The van der Waals surface area contributed by atoms with Gasteiger partial charge in [-0.05, 0) is 11.6 Å². The predicted octanol–water partition coefficient (Wildman–Crippen LogP) is 1.87. The largest absolute Gasteiger partial charge is 0.477 e. The molecule has 1 fully saturated rings. The van der Waals surface area contributed by atoms with Crippen molar-refractivity contribution in [2.24, 2.45) is 0 Å². The molecule has 0 bridgehead atoms. The second kappa shape index (κ2) is 4.53. The molecule has 1 heterocycles. The summed E-state index contributed by atoms with van der Waals surface area (Å²) in [6.07, 6.45) is 0. The van der Waals surface area contributed by atoms with Gasteiger partial charge < -0.3 is 14.6 Å². The van der Waals surface area contributed by atoms with E-state index < -0.39 is 11.8 Å². The third-order valence-electron chi connectivity index (χ3n) is 2.44. The Bertz CT molecular complexity index is 399. The lowest BCUT2D eigenvalue weighted by Gasteiger charge is -2.22. The van der Waals surface area contributed by atoms with Gasteiger partial charge in [0.15, 0.2) is 0 Å². The Morgan fingerprint density at radius 2 is 2.12 bits per heavy atom.